The molecule has 0 N–H and O–H groups in total. The van der Waals surface area contributed by atoms with E-state index in [0.717, 1.165) is 41.0 Å². The Kier molecular flexibility index (Phi) is 3.79. The number of fused-ring (bicyclic) bond motifs is 1. The molecule has 0 amide bonds. The van der Waals surface area contributed by atoms with Crippen molar-refractivity contribution in [1.82, 2.24) is 19.7 Å². The second-order valence-electron chi connectivity index (χ2n) is 5.87. The molecule has 4 aromatic rings. The van der Waals surface area contributed by atoms with Crippen molar-refractivity contribution in [3.63, 3.8) is 0 Å². The van der Waals surface area contributed by atoms with E-state index in [1.54, 1.807) is 12.4 Å². The van der Waals surface area contributed by atoms with Gasteiger partial charge < -0.3 is 0 Å². The third kappa shape index (κ3) is 2.78. The van der Waals surface area contributed by atoms with Crippen LogP contribution >= 0.6 is 0 Å². The Morgan fingerprint density at radius 2 is 1.71 bits per heavy atom. The fourth-order valence-corrected chi connectivity index (χ4v) is 2.94. The van der Waals surface area contributed by atoms with Gasteiger partial charge in [0.1, 0.15) is 11.4 Å². The highest BCUT2D eigenvalue weighted by molar-refractivity contribution is 5.92. The normalized spacial score (nSPS) is 11.0. The van der Waals surface area contributed by atoms with Gasteiger partial charge in [0.25, 0.3) is 0 Å². The molecule has 0 spiro atoms. The van der Waals surface area contributed by atoms with Gasteiger partial charge in [-0.3, -0.25) is 9.67 Å². The summed E-state index contributed by atoms with van der Waals surface area (Å²) in [6.45, 7) is 2.79. The highest BCUT2D eigenvalue weighted by Crippen LogP contribution is 2.26. The van der Waals surface area contributed by atoms with Crippen LogP contribution in [0.4, 0.5) is 0 Å². The fourth-order valence-electron chi connectivity index (χ4n) is 2.94. The molecule has 0 saturated carbocycles. The predicted octanol–water partition coefficient (Wildman–Crippen LogP) is 4.04. The standard InChI is InChI=1S/C20H18N4/c1-15-13-21-14-18(22-15)20-17-9-5-6-10-19(17)24(23-20)12-11-16-7-3-2-4-8-16/h2-10,13-14H,11-12H2,1H3. The van der Waals surface area contributed by atoms with E-state index in [-0.39, 0.29) is 0 Å². The Hall–Kier alpha value is -3.01. The molecular weight excluding hydrogens is 296 g/mol. The zero-order valence-electron chi connectivity index (χ0n) is 13.6. The maximum absolute atomic E-state index is 4.83. The molecule has 4 nitrogen and oxygen atoms in total. The maximum atomic E-state index is 4.83. The van der Waals surface area contributed by atoms with Crippen molar-refractivity contribution >= 4 is 10.9 Å². The lowest BCUT2D eigenvalue weighted by Gasteiger charge is -2.03. The summed E-state index contributed by atoms with van der Waals surface area (Å²) in [5, 5.41) is 5.95. The van der Waals surface area contributed by atoms with E-state index in [9.17, 15) is 0 Å². The van der Waals surface area contributed by atoms with Gasteiger partial charge in [0, 0.05) is 18.1 Å². The number of aryl methyl sites for hydroxylation is 3. The number of para-hydroxylation sites is 1. The van der Waals surface area contributed by atoms with E-state index in [4.69, 9.17) is 5.10 Å². The molecule has 118 valence electrons. The van der Waals surface area contributed by atoms with Crippen molar-refractivity contribution in [3.05, 3.63) is 78.2 Å². The molecule has 0 saturated heterocycles. The molecule has 0 atom stereocenters. The zero-order valence-corrected chi connectivity index (χ0v) is 13.6. The number of benzene rings is 2. The monoisotopic (exact) mass is 314 g/mol. The zero-order chi connectivity index (χ0) is 16.4. The summed E-state index contributed by atoms with van der Waals surface area (Å²) in [7, 11) is 0. The van der Waals surface area contributed by atoms with Crippen LogP contribution in [0.1, 0.15) is 11.3 Å². The van der Waals surface area contributed by atoms with Crippen LogP contribution in [0.3, 0.4) is 0 Å². The van der Waals surface area contributed by atoms with Gasteiger partial charge in [-0.25, -0.2) is 4.98 Å². The van der Waals surface area contributed by atoms with Crippen LogP contribution in [-0.4, -0.2) is 19.7 Å². The van der Waals surface area contributed by atoms with Crippen molar-refractivity contribution in [3.8, 4) is 11.4 Å². The summed E-state index contributed by atoms with van der Waals surface area (Å²) in [4.78, 5) is 8.85. The molecule has 4 heteroatoms. The molecule has 4 rings (SSSR count). The summed E-state index contributed by atoms with van der Waals surface area (Å²) in [6.07, 6.45) is 4.49. The second-order valence-corrected chi connectivity index (χ2v) is 5.87. The van der Waals surface area contributed by atoms with Gasteiger partial charge in [0.15, 0.2) is 0 Å². The Bertz CT molecular complexity index is 973. The Morgan fingerprint density at radius 1 is 0.917 bits per heavy atom. The molecule has 2 aromatic carbocycles. The van der Waals surface area contributed by atoms with Crippen molar-refractivity contribution in [1.29, 1.82) is 0 Å². The highest BCUT2D eigenvalue weighted by Gasteiger charge is 2.13. The van der Waals surface area contributed by atoms with E-state index in [1.807, 2.05) is 19.1 Å². The van der Waals surface area contributed by atoms with Crippen LogP contribution in [0.2, 0.25) is 0 Å². The molecule has 0 fully saturated rings. The topological polar surface area (TPSA) is 43.6 Å². The Morgan fingerprint density at radius 3 is 2.54 bits per heavy atom. The number of rotatable bonds is 4. The molecule has 0 aliphatic rings. The second kappa shape index (κ2) is 6.24. The number of aromatic nitrogens is 4. The average Bonchev–Trinajstić information content (AvgIpc) is 3.00. The van der Waals surface area contributed by atoms with Crippen LogP contribution in [0, 0.1) is 6.92 Å². The van der Waals surface area contributed by atoms with Crippen LogP contribution in [0.25, 0.3) is 22.3 Å². The summed E-state index contributed by atoms with van der Waals surface area (Å²) >= 11 is 0. The van der Waals surface area contributed by atoms with Gasteiger partial charge in [-0.15, -0.1) is 0 Å². The lowest BCUT2D eigenvalue weighted by Crippen LogP contribution is -2.03. The maximum Gasteiger partial charge on any atom is 0.120 e. The minimum atomic E-state index is 0.824. The van der Waals surface area contributed by atoms with Crippen LogP contribution in [0.15, 0.2) is 67.0 Å². The van der Waals surface area contributed by atoms with Crippen molar-refractivity contribution in [2.24, 2.45) is 0 Å². The SMILES string of the molecule is Cc1cncc(-c2nn(CCc3ccccc3)c3ccccc23)n1. The largest absolute Gasteiger partial charge is 0.264 e. The van der Waals surface area contributed by atoms with Crippen LogP contribution < -0.4 is 0 Å². The molecule has 2 heterocycles. The first-order valence-corrected chi connectivity index (χ1v) is 8.10. The molecule has 0 radical (unpaired) electrons. The van der Waals surface area contributed by atoms with E-state index in [0.29, 0.717) is 0 Å². The summed E-state index contributed by atoms with van der Waals surface area (Å²) in [5.41, 5.74) is 5.07. The number of hydrogen-bond donors (Lipinski definition) is 0. The number of nitrogens with zero attached hydrogens (tertiary/aromatic N) is 4. The van der Waals surface area contributed by atoms with E-state index >= 15 is 0 Å². The highest BCUT2D eigenvalue weighted by atomic mass is 15.3. The first kappa shape index (κ1) is 14.6. The molecule has 24 heavy (non-hydrogen) atoms. The summed E-state index contributed by atoms with van der Waals surface area (Å²) < 4.78 is 2.07. The third-order valence-electron chi connectivity index (χ3n) is 4.11. The minimum Gasteiger partial charge on any atom is -0.264 e. The van der Waals surface area contributed by atoms with Gasteiger partial charge >= 0.3 is 0 Å². The quantitative estimate of drug-likeness (QED) is 0.571. The lowest BCUT2D eigenvalue weighted by atomic mass is 10.1. The predicted molar refractivity (Wildman–Crippen MR) is 95.6 cm³/mol. The van der Waals surface area contributed by atoms with Gasteiger partial charge in [-0.2, -0.15) is 5.10 Å². The summed E-state index contributed by atoms with van der Waals surface area (Å²) in [5.74, 6) is 0. The molecule has 0 bridgehead atoms. The van der Waals surface area contributed by atoms with Gasteiger partial charge in [0.2, 0.25) is 0 Å². The van der Waals surface area contributed by atoms with Crippen molar-refractivity contribution in [2.45, 2.75) is 19.9 Å². The van der Waals surface area contributed by atoms with Crippen molar-refractivity contribution in [2.75, 3.05) is 0 Å². The van der Waals surface area contributed by atoms with E-state index in [2.05, 4.69) is 57.1 Å². The van der Waals surface area contributed by atoms with Crippen LogP contribution in [-0.2, 0) is 13.0 Å². The van der Waals surface area contributed by atoms with E-state index < -0.39 is 0 Å². The molecule has 0 unspecified atom stereocenters. The molecule has 0 aliphatic carbocycles. The summed E-state index contributed by atoms with van der Waals surface area (Å²) in [6, 6.07) is 18.8. The van der Waals surface area contributed by atoms with Gasteiger partial charge in [-0.05, 0) is 25.0 Å². The number of hydrogen-bond acceptors (Lipinski definition) is 3. The van der Waals surface area contributed by atoms with Gasteiger partial charge in [0.05, 0.1) is 17.4 Å². The molecule has 0 aliphatic heterocycles. The minimum absolute atomic E-state index is 0.824. The van der Waals surface area contributed by atoms with Crippen LogP contribution in [0.5, 0.6) is 0 Å². The smallest absolute Gasteiger partial charge is 0.120 e. The molecular formula is C20H18N4. The average molecular weight is 314 g/mol. The molecule has 2 aromatic heterocycles. The van der Waals surface area contributed by atoms with Gasteiger partial charge in [-0.1, -0.05) is 48.5 Å². The Balaban J connectivity index is 1.74. The first-order chi connectivity index (χ1) is 11.8. The third-order valence-corrected chi connectivity index (χ3v) is 4.11. The fraction of sp³-hybridized carbons (Fsp3) is 0.150. The first-order valence-electron chi connectivity index (χ1n) is 8.10. The lowest BCUT2D eigenvalue weighted by molar-refractivity contribution is 0.637. The van der Waals surface area contributed by atoms with Crippen molar-refractivity contribution < 1.29 is 0 Å². The Labute approximate surface area is 140 Å². The van der Waals surface area contributed by atoms with E-state index in [1.165, 1.54) is 5.56 Å².